The van der Waals surface area contributed by atoms with Crippen LogP contribution in [0.3, 0.4) is 0 Å². The van der Waals surface area contributed by atoms with E-state index in [1.54, 1.807) is 12.1 Å². The van der Waals surface area contributed by atoms with Crippen molar-refractivity contribution in [3.05, 3.63) is 65.2 Å². The molecule has 2 unspecified atom stereocenters. The number of fused-ring (bicyclic) bond motifs is 2. The predicted octanol–water partition coefficient (Wildman–Crippen LogP) is 2.44. The van der Waals surface area contributed by atoms with Gasteiger partial charge in [0.25, 0.3) is 0 Å². The highest BCUT2D eigenvalue weighted by molar-refractivity contribution is 5.34. The molecule has 154 valence electrons. The van der Waals surface area contributed by atoms with Gasteiger partial charge in [0.2, 0.25) is 0 Å². The van der Waals surface area contributed by atoms with E-state index in [0.29, 0.717) is 17.7 Å². The van der Waals surface area contributed by atoms with Crippen LogP contribution < -0.4 is 4.74 Å². The molecule has 2 aromatic rings. The zero-order valence-electron chi connectivity index (χ0n) is 17.0. The molecule has 2 saturated heterocycles. The van der Waals surface area contributed by atoms with Gasteiger partial charge in [0.1, 0.15) is 12.4 Å². The first-order valence-electron chi connectivity index (χ1n) is 10.4. The molecule has 0 spiro atoms. The van der Waals surface area contributed by atoms with Gasteiger partial charge in [-0.1, -0.05) is 12.1 Å². The normalized spacial score (nSPS) is 21.5. The van der Waals surface area contributed by atoms with Crippen LogP contribution in [-0.4, -0.2) is 67.9 Å². The van der Waals surface area contributed by atoms with E-state index in [-0.39, 0.29) is 12.2 Å². The number of rotatable bonds is 7. The molecule has 2 aliphatic rings. The van der Waals surface area contributed by atoms with Crippen LogP contribution in [0.5, 0.6) is 5.75 Å². The summed E-state index contributed by atoms with van der Waals surface area (Å²) in [7, 11) is 0. The Hall–Kier alpha value is -2.90. The summed E-state index contributed by atoms with van der Waals surface area (Å²) < 4.78 is 12.0. The lowest BCUT2D eigenvalue weighted by molar-refractivity contribution is -0.139. The van der Waals surface area contributed by atoms with Crippen LogP contribution in [0.15, 0.2) is 48.5 Å². The standard InChI is InChI=1S/C24H26N4O2/c25-13-20-3-1-19(2-4-20)9-10-27-15-23-17-28(18-24(16-27)30-23)11-12-29-22-7-5-21(14-26)6-8-22/h1-8,23-24H,9-12,15-18H2. The van der Waals surface area contributed by atoms with Crippen molar-refractivity contribution in [2.45, 2.75) is 18.6 Å². The molecule has 0 amide bonds. The van der Waals surface area contributed by atoms with Gasteiger partial charge >= 0.3 is 0 Å². The van der Waals surface area contributed by atoms with Gasteiger partial charge in [-0.15, -0.1) is 0 Å². The van der Waals surface area contributed by atoms with Crippen LogP contribution in [0.4, 0.5) is 0 Å². The summed E-state index contributed by atoms with van der Waals surface area (Å²) >= 11 is 0. The fourth-order valence-electron chi connectivity index (χ4n) is 4.18. The molecule has 30 heavy (non-hydrogen) atoms. The molecule has 0 aromatic heterocycles. The lowest BCUT2D eigenvalue weighted by atomic mass is 10.1. The number of benzene rings is 2. The van der Waals surface area contributed by atoms with Gasteiger partial charge in [0.05, 0.1) is 35.5 Å². The lowest BCUT2D eigenvalue weighted by Gasteiger charge is -2.45. The number of morpholine rings is 2. The average Bonchev–Trinajstić information content (AvgIpc) is 2.78. The van der Waals surface area contributed by atoms with Gasteiger partial charge in [-0.2, -0.15) is 10.5 Å². The Bertz CT molecular complexity index is 900. The fraction of sp³-hybridized carbons (Fsp3) is 0.417. The zero-order valence-corrected chi connectivity index (χ0v) is 17.0. The second-order valence-electron chi connectivity index (χ2n) is 7.94. The number of hydrogen-bond donors (Lipinski definition) is 0. The van der Waals surface area contributed by atoms with E-state index < -0.39 is 0 Å². The third-order valence-corrected chi connectivity index (χ3v) is 5.69. The van der Waals surface area contributed by atoms with E-state index in [9.17, 15) is 0 Å². The maximum absolute atomic E-state index is 8.91. The highest BCUT2D eigenvalue weighted by Gasteiger charge is 2.34. The fourth-order valence-corrected chi connectivity index (χ4v) is 4.18. The van der Waals surface area contributed by atoms with Crippen molar-refractivity contribution >= 4 is 0 Å². The Morgan fingerprint density at radius 2 is 1.33 bits per heavy atom. The average molecular weight is 402 g/mol. The van der Waals surface area contributed by atoms with E-state index in [1.165, 1.54) is 5.56 Å². The Kier molecular flexibility index (Phi) is 6.61. The van der Waals surface area contributed by atoms with Crippen LogP contribution in [0.2, 0.25) is 0 Å². The topological polar surface area (TPSA) is 72.5 Å². The van der Waals surface area contributed by atoms with Gasteiger partial charge in [0, 0.05) is 39.3 Å². The molecule has 0 radical (unpaired) electrons. The summed E-state index contributed by atoms with van der Waals surface area (Å²) in [6.45, 7) is 6.31. The summed E-state index contributed by atoms with van der Waals surface area (Å²) in [5.41, 5.74) is 2.63. The predicted molar refractivity (Wildman–Crippen MR) is 113 cm³/mol. The molecular weight excluding hydrogens is 376 g/mol. The summed E-state index contributed by atoms with van der Waals surface area (Å²) in [4.78, 5) is 4.93. The molecule has 2 aliphatic heterocycles. The molecule has 6 nitrogen and oxygen atoms in total. The highest BCUT2D eigenvalue weighted by atomic mass is 16.5. The Morgan fingerprint density at radius 1 is 0.800 bits per heavy atom. The van der Waals surface area contributed by atoms with Crippen molar-refractivity contribution in [3.63, 3.8) is 0 Å². The molecule has 2 aromatic carbocycles. The van der Waals surface area contributed by atoms with Gasteiger partial charge < -0.3 is 9.47 Å². The molecular formula is C24H26N4O2. The number of nitriles is 2. The van der Waals surface area contributed by atoms with Crippen LogP contribution in [0.1, 0.15) is 16.7 Å². The maximum atomic E-state index is 8.91. The van der Waals surface area contributed by atoms with E-state index in [2.05, 4.69) is 34.1 Å². The number of ether oxygens (including phenoxy) is 2. The monoisotopic (exact) mass is 402 g/mol. The van der Waals surface area contributed by atoms with Crippen LogP contribution in [-0.2, 0) is 11.2 Å². The van der Waals surface area contributed by atoms with Crippen molar-refractivity contribution in [1.29, 1.82) is 10.5 Å². The van der Waals surface area contributed by atoms with E-state index in [4.69, 9.17) is 20.0 Å². The smallest absolute Gasteiger partial charge is 0.119 e. The van der Waals surface area contributed by atoms with Crippen LogP contribution in [0, 0.1) is 22.7 Å². The minimum absolute atomic E-state index is 0.244. The molecule has 2 atom stereocenters. The third kappa shape index (κ3) is 5.37. The summed E-state index contributed by atoms with van der Waals surface area (Å²) in [5.74, 6) is 0.802. The van der Waals surface area contributed by atoms with E-state index in [1.807, 2.05) is 24.3 Å². The largest absolute Gasteiger partial charge is 0.492 e. The molecule has 2 bridgehead atoms. The Morgan fingerprint density at radius 3 is 1.90 bits per heavy atom. The van der Waals surface area contributed by atoms with Gasteiger partial charge in [-0.05, 0) is 48.4 Å². The minimum Gasteiger partial charge on any atom is -0.492 e. The maximum Gasteiger partial charge on any atom is 0.119 e. The van der Waals surface area contributed by atoms with E-state index in [0.717, 1.165) is 51.4 Å². The first kappa shape index (κ1) is 20.4. The second kappa shape index (κ2) is 9.73. The Balaban J connectivity index is 1.20. The van der Waals surface area contributed by atoms with Crippen molar-refractivity contribution < 1.29 is 9.47 Å². The summed E-state index contributed by atoms with van der Waals surface area (Å²) in [6, 6.07) is 19.4. The third-order valence-electron chi connectivity index (χ3n) is 5.69. The molecule has 0 N–H and O–H groups in total. The molecule has 4 rings (SSSR count). The van der Waals surface area contributed by atoms with Gasteiger partial charge in [0.15, 0.2) is 0 Å². The first-order valence-corrected chi connectivity index (χ1v) is 10.4. The SMILES string of the molecule is N#Cc1ccc(CCN2CC3CN(CCOc4ccc(C#N)cc4)CC(C2)O3)cc1. The van der Waals surface area contributed by atoms with Crippen LogP contribution in [0.25, 0.3) is 0 Å². The quantitative estimate of drug-likeness (QED) is 0.708. The van der Waals surface area contributed by atoms with Crippen molar-refractivity contribution in [1.82, 2.24) is 9.80 Å². The summed E-state index contributed by atoms with van der Waals surface area (Å²) in [5, 5.41) is 17.8. The molecule has 2 heterocycles. The number of hydrogen-bond acceptors (Lipinski definition) is 6. The van der Waals surface area contributed by atoms with Crippen molar-refractivity contribution in [2.24, 2.45) is 0 Å². The molecule has 0 saturated carbocycles. The van der Waals surface area contributed by atoms with Crippen molar-refractivity contribution in [3.8, 4) is 17.9 Å². The van der Waals surface area contributed by atoms with Gasteiger partial charge in [-0.3, -0.25) is 9.80 Å². The van der Waals surface area contributed by atoms with E-state index >= 15 is 0 Å². The highest BCUT2D eigenvalue weighted by Crippen LogP contribution is 2.20. The molecule has 0 aliphatic carbocycles. The second-order valence-corrected chi connectivity index (χ2v) is 7.94. The van der Waals surface area contributed by atoms with Gasteiger partial charge in [-0.25, -0.2) is 0 Å². The molecule has 6 heteroatoms. The number of nitrogens with zero attached hydrogens (tertiary/aromatic N) is 4. The zero-order chi connectivity index (χ0) is 20.8. The minimum atomic E-state index is 0.244. The molecule has 2 fully saturated rings. The Labute approximate surface area is 177 Å². The summed E-state index contributed by atoms with van der Waals surface area (Å²) in [6.07, 6.45) is 1.48. The van der Waals surface area contributed by atoms with Crippen LogP contribution >= 0.6 is 0 Å². The first-order chi connectivity index (χ1) is 14.7. The van der Waals surface area contributed by atoms with Crippen molar-refractivity contribution in [2.75, 3.05) is 45.9 Å². The lowest BCUT2D eigenvalue weighted by Crippen LogP contribution is -2.60.